The molecule has 4 atom stereocenters. The molecular formula is C27H34BrN6O8P. The molecule has 4 rings (SSSR count). The van der Waals surface area contributed by atoms with Crippen LogP contribution in [0.3, 0.4) is 0 Å². The van der Waals surface area contributed by atoms with Crippen molar-refractivity contribution in [2.24, 2.45) is 5.41 Å². The summed E-state index contributed by atoms with van der Waals surface area (Å²) < 4.78 is 38.9. The molecule has 1 saturated carbocycles. The average Bonchev–Trinajstić information content (AvgIpc) is 3.47. The van der Waals surface area contributed by atoms with Crippen molar-refractivity contribution >= 4 is 58.9 Å². The zero-order chi connectivity index (χ0) is 31.4. The van der Waals surface area contributed by atoms with Crippen molar-refractivity contribution in [2.75, 3.05) is 18.9 Å². The highest BCUT2D eigenvalue weighted by atomic mass is 79.9. The van der Waals surface area contributed by atoms with E-state index in [1.807, 2.05) is 6.92 Å². The second-order valence-electron chi connectivity index (χ2n) is 10.4. The van der Waals surface area contributed by atoms with Gasteiger partial charge in [0.05, 0.1) is 18.1 Å². The van der Waals surface area contributed by atoms with Gasteiger partial charge in [-0.1, -0.05) is 29.3 Å². The largest absolute Gasteiger partial charge is 0.465 e. The van der Waals surface area contributed by atoms with Gasteiger partial charge in [-0.2, -0.15) is 10.1 Å². The highest BCUT2D eigenvalue weighted by Gasteiger charge is 2.52. The monoisotopic (exact) mass is 680 g/mol. The Morgan fingerprint density at radius 3 is 2.67 bits per heavy atom. The number of aromatic nitrogens is 4. The molecule has 232 valence electrons. The number of halogens is 1. The molecule has 0 amide bonds. The van der Waals surface area contributed by atoms with E-state index < -0.39 is 36.7 Å². The van der Waals surface area contributed by atoms with Crippen LogP contribution in [0.2, 0.25) is 0 Å². The zero-order valence-electron chi connectivity index (χ0n) is 24.2. The van der Waals surface area contributed by atoms with Crippen LogP contribution >= 0.6 is 23.7 Å². The maximum Gasteiger partial charge on any atom is 0.459 e. The highest BCUT2D eigenvalue weighted by molar-refractivity contribution is 9.10. The number of rotatable bonds is 14. The third-order valence-electron chi connectivity index (χ3n) is 6.65. The maximum atomic E-state index is 14.1. The molecular weight excluding hydrogens is 647 g/mol. The minimum absolute atomic E-state index is 0.0724. The van der Waals surface area contributed by atoms with Gasteiger partial charge in [-0.15, -0.1) is 0 Å². The van der Waals surface area contributed by atoms with Gasteiger partial charge in [-0.05, 0) is 56.5 Å². The number of nitrogens with two attached hydrogens (primary N) is 1. The van der Waals surface area contributed by atoms with E-state index in [4.69, 9.17) is 24.3 Å². The molecule has 0 saturated heterocycles. The van der Waals surface area contributed by atoms with Gasteiger partial charge in [0, 0.05) is 17.6 Å². The Balaban J connectivity index is 1.59. The van der Waals surface area contributed by atoms with E-state index in [1.54, 1.807) is 37.4 Å². The molecule has 1 fully saturated rings. The fourth-order valence-corrected chi connectivity index (χ4v) is 6.11. The standard InChI is InChI=1S/C27H34BrN6O8P/c1-5-6-16(2)41-25(37)17(3)33-43(38,42-21-9-7-20(28)8-10-21)40-14-27(13-39-18(4)35)11-19(27)12-34-15-30-22-23(34)31-26(29)32-24(22)36/h7-10,12,15-17H,5-6,11,13-14H2,1-4H3,(H,33,38)(H3,29,31,32,36)/b19-12-/t16-,17?,27-,43-/m0/s1. The van der Waals surface area contributed by atoms with Crippen LogP contribution in [0.25, 0.3) is 17.4 Å². The highest BCUT2D eigenvalue weighted by Crippen LogP contribution is 2.56. The van der Waals surface area contributed by atoms with Crippen LogP contribution in [-0.4, -0.2) is 56.8 Å². The fourth-order valence-electron chi connectivity index (χ4n) is 4.27. The summed E-state index contributed by atoms with van der Waals surface area (Å²) in [6.45, 7) is 6.26. The Bertz CT molecular complexity index is 1620. The number of nitrogens with one attached hydrogen (secondary N) is 2. The van der Waals surface area contributed by atoms with E-state index in [1.165, 1.54) is 24.7 Å². The first-order valence-corrected chi connectivity index (χ1v) is 15.9. The van der Waals surface area contributed by atoms with E-state index in [2.05, 4.69) is 36.0 Å². The first-order valence-electron chi connectivity index (χ1n) is 13.6. The number of benzene rings is 1. The van der Waals surface area contributed by atoms with E-state index in [-0.39, 0.29) is 42.2 Å². The quantitative estimate of drug-likeness (QED) is 0.163. The number of carbonyl (C=O) groups is 2. The average molecular weight is 681 g/mol. The molecule has 2 aromatic heterocycles. The van der Waals surface area contributed by atoms with Crippen molar-refractivity contribution in [3.8, 4) is 5.75 Å². The normalized spacial score (nSPS) is 19.9. The number of fused-ring (bicyclic) bond motifs is 1. The van der Waals surface area contributed by atoms with Gasteiger partial charge in [0.15, 0.2) is 11.2 Å². The first kappa shape index (κ1) is 32.4. The van der Waals surface area contributed by atoms with Crippen molar-refractivity contribution in [1.29, 1.82) is 0 Å². The molecule has 1 unspecified atom stereocenters. The number of hydrogen-bond donors (Lipinski definition) is 3. The molecule has 0 bridgehead atoms. The molecule has 3 aromatic rings. The third-order valence-corrected chi connectivity index (χ3v) is 8.80. The number of hydrogen-bond acceptors (Lipinski definition) is 11. The topological polar surface area (TPSA) is 190 Å². The number of nitrogen functional groups attached to an aromatic ring is 1. The number of ether oxygens (including phenoxy) is 2. The van der Waals surface area contributed by atoms with Crippen molar-refractivity contribution in [3.05, 3.63) is 51.0 Å². The number of anilines is 1. The number of carbonyl (C=O) groups excluding carboxylic acids is 2. The molecule has 4 N–H and O–H groups in total. The Morgan fingerprint density at radius 1 is 1.28 bits per heavy atom. The van der Waals surface area contributed by atoms with Crippen molar-refractivity contribution in [2.45, 2.75) is 59.1 Å². The number of H-pyrrole nitrogens is 1. The summed E-state index contributed by atoms with van der Waals surface area (Å²) in [6, 6.07) is 5.56. The Kier molecular flexibility index (Phi) is 10.1. The molecule has 1 aliphatic rings. The van der Waals surface area contributed by atoms with E-state index in [0.717, 1.165) is 16.5 Å². The molecule has 0 aliphatic heterocycles. The molecule has 1 aromatic carbocycles. The summed E-state index contributed by atoms with van der Waals surface area (Å²) >= 11 is 3.35. The predicted octanol–water partition coefficient (Wildman–Crippen LogP) is 4.17. The molecule has 16 heteroatoms. The Hall–Kier alpha value is -3.52. The minimum Gasteiger partial charge on any atom is -0.465 e. The molecule has 2 heterocycles. The minimum atomic E-state index is -4.21. The van der Waals surface area contributed by atoms with Gasteiger partial charge < -0.3 is 19.7 Å². The molecule has 0 radical (unpaired) electrons. The summed E-state index contributed by atoms with van der Waals surface area (Å²) in [5.74, 6) is -0.959. The lowest BCUT2D eigenvalue weighted by atomic mass is 10.1. The number of imidazole rings is 1. The SMILES string of the molecule is CCC[C@H](C)OC(=O)C(C)N[P@](=O)(OC[C@@]1(COC(C)=O)C/C1=C/n1cnc2c(=O)[nH]c(N)nc21)Oc1ccc(Br)cc1. The summed E-state index contributed by atoms with van der Waals surface area (Å²) in [4.78, 5) is 47.3. The molecule has 0 spiro atoms. The third kappa shape index (κ3) is 8.31. The number of esters is 2. The molecule has 43 heavy (non-hydrogen) atoms. The van der Waals surface area contributed by atoms with Crippen LogP contribution in [0.5, 0.6) is 5.75 Å². The molecule has 1 aliphatic carbocycles. The van der Waals surface area contributed by atoms with Gasteiger partial charge in [0.25, 0.3) is 5.56 Å². The first-order chi connectivity index (χ1) is 20.3. The second-order valence-corrected chi connectivity index (χ2v) is 13.0. The Labute approximate surface area is 256 Å². The van der Waals surface area contributed by atoms with Crippen LogP contribution < -0.4 is 20.9 Å². The van der Waals surface area contributed by atoms with E-state index in [0.29, 0.717) is 12.8 Å². The van der Waals surface area contributed by atoms with E-state index in [9.17, 15) is 18.9 Å². The van der Waals surface area contributed by atoms with Gasteiger partial charge in [0.2, 0.25) is 5.95 Å². The van der Waals surface area contributed by atoms with Crippen LogP contribution in [0.1, 0.15) is 47.0 Å². The summed E-state index contributed by atoms with van der Waals surface area (Å²) in [5, 5.41) is 2.69. The van der Waals surface area contributed by atoms with Crippen LogP contribution in [-0.2, 0) is 28.2 Å². The van der Waals surface area contributed by atoms with Crippen molar-refractivity contribution in [1.82, 2.24) is 24.6 Å². The van der Waals surface area contributed by atoms with Crippen molar-refractivity contribution in [3.63, 3.8) is 0 Å². The lowest BCUT2D eigenvalue weighted by molar-refractivity contribution is -0.150. The number of aromatic amines is 1. The lowest BCUT2D eigenvalue weighted by Crippen LogP contribution is -2.37. The molecule has 14 nitrogen and oxygen atoms in total. The summed E-state index contributed by atoms with van der Waals surface area (Å²) in [6.07, 6.45) is 4.67. The zero-order valence-corrected chi connectivity index (χ0v) is 26.6. The maximum absolute atomic E-state index is 14.1. The van der Waals surface area contributed by atoms with Crippen molar-refractivity contribution < 1.29 is 32.7 Å². The fraction of sp³-hybridized carbons (Fsp3) is 0.444. The van der Waals surface area contributed by atoms with Gasteiger partial charge in [0.1, 0.15) is 24.7 Å². The summed E-state index contributed by atoms with van der Waals surface area (Å²) in [7, 11) is -4.21. The Morgan fingerprint density at radius 2 is 2.00 bits per heavy atom. The van der Waals surface area contributed by atoms with Crippen LogP contribution in [0.15, 0.2) is 45.4 Å². The van der Waals surface area contributed by atoms with Crippen LogP contribution in [0, 0.1) is 5.41 Å². The summed E-state index contributed by atoms with van der Waals surface area (Å²) in [5.41, 5.74) is 5.41. The second kappa shape index (κ2) is 13.4. The van der Waals surface area contributed by atoms with Crippen LogP contribution in [0.4, 0.5) is 5.95 Å². The lowest BCUT2D eigenvalue weighted by Gasteiger charge is -2.25. The number of nitrogens with zero attached hydrogens (tertiary/aromatic N) is 3. The van der Waals surface area contributed by atoms with Gasteiger partial charge in [-0.25, -0.2) is 9.55 Å². The predicted molar refractivity (Wildman–Crippen MR) is 162 cm³/mol. The van der Waals surface area contributed by atoms with Gasteiger partial charge in [-0.3, -0.25) is 28.5 Å². The smallest absolute Gasteiger partial charge is 0.459 e. The van der Waals surface area contributed by atoms with Gasteiger partial charge >= 0.3 is 19.7 Å². The van der Waals surface area contributed by atoms with E-state index >= 15 is 0 Å².